The maximum Gasteiger partial charge on any atom is 0.416 e. The van der Waals surface area contributed by atoms with Gasteiger partial charge in [-0.25, -0.2) is 4.39 Å². The first-order chi connectivity index (χ1) is 13.7. The van der Waals surface area contributed by atoms with Crippen LogP contribution >= 0.6 is 11.8 Å². The summed E-state index contributed by atoms with van der Waals surface area (Å²) < 4.78 is 51.7. The van der Waals surface area contributed by atoms with Crippen molar-refractivity contribution in [3.8, 4) is 0 Å². The van der Waals surface area contributed by atoms with Crippen molar-refractivity contribution >= 4 is 11.8 Å². The zero-order valence-corrected chi connectivity index (χ0v) is 16.5. The number of aliphatic hydroxyl groups is 2. The molecule has 1 fully saturated rings. The third-order valence-corrected chi connectivity index (χ3v) is 6.29. The van der Waals surface area contributed by atoms with Crippen LogP contribution in [-0.4, -0.2) is 46.6 Å². The summed E-state index contributed by atoms with van der Waals surface area (Å²) in [6.07, 6.45) is -4.46. The number of hydrogen-bond acceptors (Lipinski definition) is 4. The fraction of sp³-hybridized carbons (Fsp3) is 0.429. The molecule has 1 atom stereocenters. The lowest BCUT2D eigenvalue weighted by atomic mass is 9.83. The van der Waals surface area contributed by atoms with Gasteiger partial charge in [0.15, 0.2) is 0 Å². The van der Waals surface area contributed by atoms with Crippen LogP contribution in [0.1, 0.15) is 24.0 Å². The van der Waals surface area contributed by atoms with E-state index < -0.39 is 23.4 Å². The van der Waals surface area contributed by atoms with E-state index in [-0.39, 0.29) is 11.4 Å². The van der Waals surface area contributed by atoms with Gasteiger partial charge in [0.05, 0.1) is 17.3 Å². The van der Waals surface area contributed by atoms with Crippen LogP contribution < -0.4 is 0 Å². The van der Waals surface area contributed by atoms with Gasteiger partial charge in [0.2, 0.25) is 0 Å². The van der Waals surface area contributed by atoms with Crippen LogP contribution in [0.15, 0.2) is 53.4 Å². The Kier molecular flexibility index (Phi) is 6.88. The highest BCUT2D eigenvalue weighted by Gasteiger charge is 2.37. The van der Waals surface area contributed by atoms with Crippen molar-refractivity contribution in [3.63, 3.8) is 0 Å². The highest BCUT2D eigenvalue weighted by molar-refractivity contribution is 7.99. The first kappa shape index (κ1) is 22.1. The Morgan fingerprint density at radius 2 is 1.72 bits per heavy atom. The van der Waals surface area contributed by atoms with Crippen molar-refractivity contribution in [2.24, 2.45) is 0 Å². The molecule has 1 unspecified atom stereocenters. The Morgan fingerprint density at radius 1 is 1.07 bits per heavy atom. The van der Waals surface area contributed by atoms with Gasteiger partial charge in [0, 0.05) is 30.3 Å². The van der Waals surface area contributed by atoms with E-state index in [4.69, 9.17) is 0 Å². The maximum absolute atomic E-state index is 12.9. The molecular weight excluding hydrogens is 406 g/mol. The summed E-state index contributed by atoms with van der Waals surface area (Å²) in [4.78, 5) is 2.86. The average Bonchev–Trinajstić information content (AvgIpc) is 2.69. The van der Waals surface area contributed by atoms with Crippen LogP contribution in [0, 0.1) is 5.82 Å². The minimum atomic E-state index is -4.45. The molecule has 2 aromatic carbocycles. The first-order valence-corrected chi connectivity index (χ1v) is 10.3. The highest BCUT2D eigenvalue weighted by Crippen LogP contribution is 2.36. The smallest absolute Gasteiger partial charge is 0.391 e. The fourth-order valence-electron chi connectivity index (χ4n) is 3.45. The van der Waals surface area contributed by atoms with Gasteiger partial charge in [0.1, 0.15) is 5.82 Å². The molecule has 0 aliphatic carbocycles. The van der Waals surface area contributed by atoms with Crippen molar-refractivity contribution in [3.05, 3.63) is 65.5 Å². The third-order valence-electron chi connectivity index (χ3n) is 5.14. The van der Waals surface area contributed by atoms with Crippen LogP contribution in [0.2, 0.25) is 0 Å². The molecule has 1 aliphatic rings. The molecule has 0 amide bonds. The molecule has 2 aromatic rings. The average molecular weight is 429 g/mol. The number of β-amino-alcohol motifs (C(OH)–C–C–N with tert-alkyl or cyclic N) is 1. The summed E-state index contributed by atoms with van der Waals surface area (Å²) in [5, 5.41) is 21.1. The number of likely N-dealkylation sites (tertiary alicyclic amines) is 1. The molecule has 8 heteroatoms. The van der Waals surface area contributed by atoms with Crippen molar-refractivity contribution < 1.29 is 27.8 Å². The quantitative estimate of drug-likeness (QED) is 0.532. The van der Waals surface area contributed by atoms with Gasteiger partial charge in [-0.15, -0.1) is 11.8 Å². The molecule has 0 spiro atoms. The monoisotopic (exact) mass is 429 g/mol. The normalized spacial score (nSPS) is 18.6. The van der Waals surface area contributed by atoms with Crippen LogP contribution in [-0.2, 0) is 11.8 Å². The Balaban J connectivity index is 1.51. The molecular formula is C21H23F4NO2S. The number of rotatable bonds is 6. The second kappa shape index (κ2) is 9.04. The predicted molar refractivity (Wildman–Crippen MR) is 104 cm³/mol. The van der Waals surface area contributed by atoms with E-state index in [2.05, 4.69) is 0 Å². The van der Waals surface area contributed by atoms with Gasteiger partial charge in [-0.05, 0) is 54.8 Å². The van der Waals surface area contributed by atoms with E-state index in [0.29, 0.717) is 38.2 Å². The third kappa shape index (κ3) is 5.94. The zero-order chi connectivity index (χ0) is 21.1. The Hall–Kier alpha value is -1.61. The number of halogens is 4. The molecule has 0 saturated carbocycles. The van der Waals surface area contributed by atoms with Crippen molar-refractivity contribution in [1.29, 1.82) is 0 Å². The summed E-state index contributed by atoms with van der Waals surface area (Å²) in [7, 11) is 0. The molecule has 1 heterocycles. The Bertz CT molecular complexity index is 805. The van der Waals surface area contributed by atoms with Crippen molar-refractivity contribution in [1.82, 2.24) is 4.90 Å². The predicted octanol–water partition coefficient (Wildman–Crippen LogP) is 4.28. The van der Waals surface area contributed by atoms with Gasteiger partial charge >= 0.3 is 6.18 Å². The van der Waals surface area contributed by atoms with E-state index in [1.54, 1.807) is 12.1 Å². The van der Waals surface area contributed by atoms with E-state index in [0.717, 1.165) is 17.0 Å². The second-order valence-electron chi connectivity index (χ2n) is 7.33. The molecule has 0 bridgehead atoms. The van der Waals surface area contributed by atoms with Gasteiger partial charge in [-0.3, -0.25) is 0 Å². The number of alkyl halides is 3. The summed E-state index contributed by atoms with van der Waals surface area (Å²) in [5.74, 6) is 0.136. The van der Waals surface area contributed by atoms with Crippen LogP contribution in [0.5, 0.6) is 0 Å². The number of thioether (sulfide) groups is 1. The molecule has 29 heavy (non-hydrogen) atoms. The van der Waals surface area contributed by atoms with Crippen molar-refractivity contribution in [2.75, 3.05) is 25.4 Å². The standard InChI is InChI=1S/C21H23F4NO2S/c22-17-4-6-19(7-5-17)29-14-18(27)13-26-10-8-20(28,9-11-26)15-2-1-3-16(12-15)21(23,24)25/h1-7,12,18,27-28H,8-11,13-14H2. The number of benzene rings is 2. The zero-order valence-electron chi connectivity index (χ0n) is 15.7. The van der Waals surface area contributed by atoms with Gasteiger partial charge in [-0.1, -0.05) is 12.1 Å². The SMILES string of the molecule is OC(CSc1ccc(F)cc1)CN1CCC(O)(c2cccc(C(F)(F)F)c2)CC1. The Labute approximate surface area is 171 Å². The molecule has 2 N–H and O–H groups in total. The summed E-state index contributed by atoms with van der Waals surface area (Å²) >= 11 is 1.43. The lowest BCUT2D eigenvalue weighted by Crippen LogP contribution is -2.45. The fourth-order valence-corrected chi connectivity index (χ4v) is 4.27. The second-order valence-corrected chi connectivity index (χ2v) is 8.42. The molecule has 0 aromatic heterocycles. The van der Waals surface area contributed by atoms with E-state index in [1.807, 2.05) is 4.90 Å². The lowest BCUT2D eigenvalue weighted by molar-refractivity contribution is -0.137. The first-order valence-electron chi connectivity index (χ1n) is 9.35. The van der Waals surface area contributed by atoms with Gasteiger partial charge in [-0.2, -0.15) is 13.2 Å². The minimum absolute atomic E-state index is 0.277. The number of hydrogen-bond donors (Lipinski definition) is 2. The van der Waals surface area contributed by atoms with Gasteiger partial charge < -0.3 is 15.1 Å². The molecule has 0 radical (unpaired) electrons. The number of nitrogens with zero attached hydrogens (tertiary/aromatic N) is 1. The van der Waals surface area contributed by atoms with Crippen molar-refractivity contribution in [2.45, 2.75) is 35.6 Å². The molecule has 158 valence electrons. The minimum Gasteiger partial charge on any atom is -0.391 e. The summed E-state index contributed by atoms with van der Waals surface area (Å²) in [5.41, 5.74) is -1.79. The molecule has 1 saturated heterocycles. The molecule has 3 rings (SSSR count). The number of piperidine rings is 1. The summed E-state index contributed by atoms with van der Waals surface area (Å²) in [6.45, 7) is 1.36. The molecule has 1 aliphatic heterocycles. The van der Waals surface area contributed by atoms with Crippen LogP contribution in [0.4, 0.5) is 17.6 Å². The van der Waals surface area contributed by atoms with Crippen LogP contribution in [0.3, 0.4) is 0 Å². The summed E-state index contributed by atoms with van der Waals surface area (Å²) in [6, 6.07) is 10.9. The van der Waals surface area contributed by atoms with Crippen LogP contribution in [0.25, 0.3) is 0 Å². The van der Waals surface area contributed by atoms with E-state index in [9.17, 15) is 27.8 Å². The van der Waals surface area contributed by atoms with Gasteiger partial charge in [0.25, 0.3) is 0 Å². The molecule has 3 nitrogen and oxygen atoms in total. The lowest BCUT2D eigenvalue weighted by Gasteiger charge is -2.39. The number of aliphatic hydroxyl groups excluding tert-OH is 1. The topological polar surface area (TPSA) is 43.7 Å². The Morgan fingerprint density at radius 3 is 2.34 bits per heavy atom. The highest BCUT2D eigenvalue weighted by atomic mass is 32.2. The largest absolute Gasteiger partial charge is 0.416 e. The maximum atomic E-state index is 12.9. The van der Waals surface area contributed by atoms with E-state index >= 15 is 0 Å². The van der Waals surface area contributed by atoms with E-state index in [1.165, 1.54) is 36.0 Å².